The molecular weight excluding hydrogens is 382 g/mol. The molecular formula is C20H20ClN3O4. The van der Waals surface area contributed by atoms with E-state index in [1.807, 2.05) is 11.9 Å². The van der Waals surface area contributed by atoms with E-state index in [1.165, 1.54) is 6.92 Å². The number of halogens is 1. The SMILES string of the molecule is C[C@@H](OC(=O)c1ccc2c(c1)NC(=O)CCN2C)C(=O)Nc1ccc(Cl)cc1. The summed E-state index contributed by atoms with van der Waals surface area (Å²) in [4.78, 5) is 38.4. The minimum atomic E-state index is -1.00. The minimum Gasteiger partial charge on any atom is -0.449 e. The standard InChI is InChI=1S/C20H20ClN3O4/c1-12(19(26)22-15-6-4-14(21)5-7-15)28-20(27)13-3-8-17-16(11-13)23-18(25)9-10-24(17)2/h3-8,11-12H,9-10H2,1-2H3,(H,22,26)(H,23,25)/t12-/m1/s1. The summed E-state index contributed by atoms with van der Waals surface area (Å²) in [5.74, 6) is -1.23. The molecule has 28 heavy (non-hydrogen) atoms. The Bertz CT molecular complexity index is 914. The summed E-state index contributed by atoms with van der Waals surface area (Å²) in [5, 5.41) is 5.99. The summed E-state index contributed by atoms with van der Waals surface area (Å²) in [6.45, 7) is 2.08. The van der Waals surface area contributed by atoms with E-state index in [0.29, 0.717) is 29.4 Å². The summed E-state index contributed by atoms with van der Waals surface area (Å²) >= 11 is 5.81. The molecule has 2 N–H and O–H groups in total. The molecule has 1 heterocycles. The molecule has 8 heteroatoms. The molecule has 146 valence electrons. The van der Waals surface area contributed by atoms with Gasteiger partial charge >= 0.3 is 5.97 Å². The normalized spacial score (nSPS) is 14.4. The molecule has 0 aromatic heterocycles. The van der Waals surface area contributed by atoms with Gasteiger partial charge in [-0.05, 0) is 49.4 Å². The summed E-state index contributed by atoms with van der Waals surface area (Å²) in [6, 6.07) is 11.5. The zero-order valence-electron chi connectivity index (χ0n) is 15.5. The predicted octanol–water partition coefficient (Wildman–Crippen LogP) is 3.30. The van der Waals surface area contributed by atoms with E-state index in [9.17, 15) is 14.4 Å². The Morgan fingerprint density at radius 3 is 2.64 bits per heavy atom. The topological polar surface area (TPSA) is 87.7 Å². The zero-order valence-corrected chi connectivity index (χ0v) is 16.2. The molecule has 0 fully saturated rings. The highest BCUT2D eigenvalue weighted by Crippen LogP contribution is 2.29. The molecule has 0 saturated heterocycles. The Morgan fingerprint density at radius 1 is 1.21 bits per heavy atom. The van der Waals surface area contributed by atoms with Crippen molar-refractivity contribution in [3.05, 3.63) is 53.1 Å². The quantitative estimate of drug-likeness (QED) is 0.767. The van der Waals surface area contributed by atoms with Gasteiger partial charge in [-0.1, -0.05) is 11.6 Å². The highest BCUT2D eigenvalue weighted by Gasteiger charge is 2.22. The van der Waals surface area contributed by atoms with Crippen molar-refractivity contribution in [2.24, 2.45) is 0 Å². The smallest absolute Gasteiger partial charge is 0.338 e. The Hall–Kier alpha value is -3.06. The second-order valence-corrected chi connectivity index (χ2v) is 6.93. The number of carbonyl (C=O) groups is 3. The highest BCUT2D eigenvalue weighted by atomic mass is 35.5. The van der Waals surface area contributed by atoms with Gasteiger partial charge in [0.2, 0.25) is 5.91 Å². The number of hydrogen-bond donors (Lipinski definition) is 2. The maximum atomic E-state index is 12.4. The maximum Gasteiger partial charge on any atom is 0.338 e. The first-order chi connectivity index (χ1) is 13.3. The summed E-state index contributed by atoms with van der Waals surface area (Å²) in [6.07, 6.45) is -0.633. The van der Waals surface area contributed by atoms with Crippen LogP contribution in [-0.4, -0.2) is 37.5 Å². The molecule has 0 bridgehead atoms. The van der Waals surface area contributed by atoms with E-state index < -0.39 is 18.0 Å². The lowest BCUT2D eigenvalue weighted by atomic mass is 10.1. The Labute approximate surface area is 167 Å². The average Bonchev–Trinajstić information content (AvgIpc) is 2.81. The van der Waals surface area contributed by atoms with Crippen molar-refractivity contribution in [3.63, 3.8) is 0 Å². The fraction of sp³-hybridized carbons (Fsp3) is 0.250. The number of hydrogen-bond acceptors (Lipinski definition) is 5. The third-order valence-electron chi connectivity index (χ3n) is 4.36. The van der Waals surface area contributed by atoms with Crippen LogP contribution in [-0.2, 0) is 14.3 Å². The maximum absolute atomic E-state index is 12.4. The molecule has 3 rings (SSSR count). The van der Waals surface area contributed by atoms with Gasteiger partial charge in [-0.25, -0.2) is 4.79 Å². The van der Waals surface area contributed by atoms with Crippen LogP contribution in [0, 0.1) is 0 Å². The fourth-order valence-corrected chi connectivity index (χ4v) is 2.88. The van der Waals surface area contributed by atoms with Crippen LogP contribution in [0.15, 0.2) is 42.5 Å². The van der Waals surface area contributed by atoms with Gasteiger partial charge in [0.05, 0.1) is 16.9 Å². The van der Waals surface area contributed by atoms with Crippen molar-refractivity contribution in [2.45, 2.75) is 19.4 Å². The third kappa shape index (κ3) is 4.61. The second kappa shape index (κ2) is 8.31. The van der Waals surface area contributed by atoms with Crippen LogP contribution in [0.4, 0.5) is 17.1 Å². The largest absolute Gasteiger partial charge is 0.449 e. The Balaban J connectivity index is 1.67. The molecule has 0 radical (unpaired) electrons. The first-order valence-corrected chi connectivity index (χ1v) is 9.14. The monoisotopic (exact) mass is 401 g/mol. The van der Waals surface area contributed by atoms with E-state index in [0.717, 1.165) is 5.69 Å². The molecule has 2 amide bonds. The Kier molecular flexibility index (Phi) is 5.84. The minimum absolute atomic E-state index is 0.119. The molecule has 0 spiro atoms. The van der Waals surface area contributed by atoms with Crippen LogP contribution in [0.2, 0.25) is 5.02 Å². The van der Waals surface area contributed by atoms with Crippen molar-refractivity contribution in [1.29, 1.82) is 0 Å². The summed E-state index contributed by atoms with van der Waals surface area (Å²) in [7, 11) is 1.88. The third-order valence-corrected chi connectivity index (χ3v) is 4.61. The predicted molar refractivity (Wildman–Crippen MR) is 108 cm³/mol. The molecule has 1 atom stereocenters. The molecule has 2 aromatic carbocycles. The van der Waals surface area contributed by atoms with Gasteiger partial charge in [-0.3, -0.25) is 9.59 Å². The molecule has 0 aliphatic carbocycles. The molecule has 1 aliphatic rings. The lowest BCUT2D eigenvalue weighted by Crippen LogP contribution is -2.30. The first kappa shape index (κ1) is 19.7. The number of ether oxygens (including phenoxy) is 1. The second-order valence-electron chi connectivity index (χ2n) is 6.50. The zero-order chi connectivity index (χ0) is 20.3. The molecule has 1 aliphatic heterocycles. The number of rotatable bonds is 4. The van der Waals surface area contributed by atoms with Gasteiger partial charge in [0.25, 0.3) is 5.91 Å². The van der Waals surface area contributed by atoms with Gasteiger partial charge in [-0.15, -0.1) is 0 Å². The number of benzene rings is 2. The van der Waals surface area contributed by atoms with Crippen LogP contribution < -0.4 is 15.5 Å². The fourth-order valence-electron chi connectivity index (χ4n) is 2.76. The highest BCUT2D eigenvalue weighted by molar-refractivity contribution is 6.30. The van der Waals surface area contributed by atoms with E-state index >= 15 is 0 Å². The number of esters is 1. The van der Waals surface area contributed by atoms with E-state index in [4.69, 9.17) is 16.3 Å². The number of carbonyl (C=O) groups excluding carboxylic acids is 3. The van der Waals surface area contributed by atoms with E-state index in [1.54, 1.807) is 42.5 Å². The van der Waals surface area contributed by atoms with Gasteiger partial charge in [0.15, 0.2) is 6.10 Å². The van der Waals surface area contributed by atoms with Gasteiger partial charge in [-0.2, -0.15) is 0 Å². The molecule has 0 saturated carbocycles. The lowest BCUT2D eigenvalue weighted by molar-refractivity contribution is -0.123. The molecule has 2 aromatic rings. The van der Waals surface area contributed by atoms with Crippen molar-refractivity contribution in [3.8, 4) is 0 Å². The molecule has 7 nitrogen and oxygen atoms in total. The van der Waals surface area contributed by atoms with Gasteiger partial charge in [0.1, 0.15) is 0 Å². The number of nitrogens with zero attached hydrogens (tertiary/aromatic N) is 1. The number of anilines is 3. The van der Waals surface area contributed by atoms with Crippen molar-refractivity contribution < 1.29 is 19.1 Å². The lowest BCUT2D eigenvalue weighted by Gasteiger charge is -2.19. The van der Waals surface area contributed by atoms with Crippen LogP contribution in [0.3, 0.4) is 0 Å². The van der Waals surface area contributed by atoms with Crippen LogP contribution in [0.25, 0.3) is 0 Å². The Morgan fingerprint density at radius 2 is 1.93 bits per heavy atom. The summed E-state index contributed by atoms with van der Waals surface area (Å²) in [5.41, 5.74) is 2.15. The van der Waals surface area contributed by atoms with E-state index in [2.05, 4.69) is 10.6 Å². The van der Waals surface area contributed by atoms with Crippen molar-refractivity contribution in [1.82, 2.24) is 0 Å². The van der Waals surface area contributed by atoms with Gasteiger partial charge in [0, 0.05) is 30.7 Å². The van der Waals surface area contributed by atoms with E-state index in [-0.39, 0.29) is 11.5 Å². The number of nitrogens with one attached hydrogen (secondary N) is 2. The number of amides is 2. The van der Waals surface area contributed by atoms with Crippen LogP contribution in [0.1, 0.15) is 23.7 Å². The van der Waals surface area contributed by atoms with Crippen molar-refractivity contribution in [2.75, 3.05) is 29.1 Å². The summed E-state index contributed by atoms with van der Waals surface area (Å²) < 4.78 is 5.27. The van der Waals surface area contributed by atoms with Crippen molar-refractivity contribution >= 4 is 46.4 Å². The average molecular weight is 402 g/mol. The first-order valence-electron chi connectivity index (χ1n) is 8.76. The molecule has 0 unspecified atom stereocenters. The van der Waals surface area contributed by atoms with Gasteiger partial charge < -0.3 is 20.3 Å². The number of fused-ring (bicyclic) bond motifs is 1. The van der Waals surface area contributed by atoms with Crippen LogP contribution >= 0.6 is 11.6 Å². The van der Waals surface area contributed by atoms with Crippen LogP contribution in [0.5, 0.6) is 0 Å².